The first-order valence-corrected chi connectivity index (χ1v) is 5.19. The van der Waals surface area contributed by atoms with E-state index < -0.39 is 29.3 Å². The predicted octanol–water partition coefficient (Wildman–Crippen LogP) is -2.46. The number of H-pyrrole nitrogens is 1. The van der Waals surface area contributed by atoms with Crippen molar-refractivity contribution in [2.75, 3.05) is 6.61 Å². The van der Waals surface area contributed by atoms with Crippen molar-refractivity contribution in [3.05, 3.63) is 27.3 Å². The maximum Gasteiger partial charge on any atom is 0.350 e. The number of aromatic nitrogens is 3. The molecule has 0 aromatic carbocycles. The summed E-state index contributed by atoms with van der Waals surface area (Å²) in [5.74, 6) is 5.22. The Morgan fingerprint density at radius 3 is 3.06 bits per heavy atom. The van der Waals surface area contributed by atoms with Crippen LogP contribution in [0.15, 0.2) is 15.9 Å². The maximum atomic E-state index is 11.6. The Labute approximate surface area is 101 Å². The van der Waals surface area contributed by atoms with Crippen molar-refractivity contribution in [3.63, 3.8) is 0 Å². The van der Waals surface area contributed by atoms with Gasteiger partial charge < -0.3 is 15.6 Å². The highest BCUT2D eigenvalue weighted by atomic mass is 16.5. The number of hydrogen-bond donors (Lipinski definition) is 3. The van der Waals surface area contributed by atoms with Gasteiger partial charge >= 0.3 is 11.4 Å². The number of ether oxygens (including phenoxy) is 1. The lowest BCUT2D eigenvalue weighted by Crippen LogP contribution is -2.54. The van der Waals surface area contributed by atoms with Crippen molar-refractivity contribution in [3.8, 4) is 11.8 Å². The van der Waals surface area contributed by atoms with Gasteiger partial charge in [0.05, 0.1) is 6.61 Å². The third kappa shape index (κ3) is 1.84. The summed E-state index contributed by atoms with van der Waals surface area (Å²) in [6.45, 7) is 1.51. The van der Waals surface area contributed by atoms with Gasteiger partial charge in [0, 0.05) is 0 Å². The number of nitrogens with one attached hydrogen (secondary N) is 1. The summed E-state index contributed by atoms with van der Waals surface area (Å²) in [7, 11) is 0. The Hall–Kier alpha value is -1.95. The van der Waals surface area contributed by atoms with Crippen molar-refractivity contribution in [1.82, 2.24) is 14.5 Å². The highest BCUT2D eigenvalue weighted by Gasteiger charge is 2.49. The summed E-state index contributed by atoms with van der Waals surface area (Å²) in [4.78, 5) is 27.9. The molecule has 4 N–H and O–H groups in total. The van der Waals surface area contributed by atoms with Crippen LogP contribution in [0.25, 0.3) is 0 Å². The fourth-order valence-electron chi connectivity index (χ4n) is 1.82. The molecule has 1 fully saturated rings. The van der Waals surface area contributed by atoms with Crippen LogP contribution in [0.3, 0.4) is 0 Å². The van der Waals surface area contributed by atoms with E-state index in [2.05, 4.69) is 16.8 Å². The number of rotatable bonds is 1. The van der Waals surface area contributed by atoms with Crippen molar-refractivity contribution in [2.24, 2.45) is 5.73 Å². The first-order chi connectivity index (χ1) is 8.49. The van der Waals surface area contributed by atoms with E-state index in [4.69, 9.17) is 10.5 Å². The second kappa shape index (κ2) is 4.38. The highest BCUT2D eigenvalue weighted by molar-refractivity contribution is 5.23. The second-order valence-electron chi connectivity index (χ2n) is 3.90. The molecule has 0 radical (unpaired) electrons. The molecule has 0 saturated carbocycles. The van der Waals surface area contributed by atoms with E-state index in [1.165, 1.54) is 0 Å². The zero-order chi connectivity index (χ0) is 13.3. The average molecular weight is 252 g/mol. The van der Waals surface area contributed by atoms with E-state index in [-0.39, 0.29) is 6.61 Å². The Morgan fingerprint density at radius 1 is 1.72 bits per heavy atom. The Kier molecular flexibility index (Phi) is 3.04. The van der Waals surface area contributed by atoms with E-state index in [1.54, 1.807) is 6.92 Å². The van der Waals surface area contributed by atoms with E-state index in [9.17, 15) is 14.7 Å². The first kappa shape index (κ1) is 12.5. The molecule has 18 heavy (non-hydrogen) atoms. The van der Waals surface area contributed by atoms with Crippen molar-refractivity contribution >= 4 is 0 Å². The Morgan fingerprint density at radius 2 is 2.44 bits per heavy atom. The third-order valence-electron chi connectivity index (χ3n) is 2.71. The van der Waals surface area contributed by atoms with Gasteiger partial charge in [0.1, 0.15) is 12.4 Å². The van der Waals surface area contributed by atoms with Gasteiger partial charge in [-0.15, -0.1) is 5.92 Å². The second-order valence-corrected chi connectivity index (χ2v) is 3.90. The van der Waals surface area contributed by atoms with E-state index in [0.717, 1.165) is 10.9 Å². The van der Waals surface area contributed by atoms with Crippen molar-refractivity contribution in [2.45, 2.75) is 24.8 Å². The van der Waals surface area contributed by atoms with Crippen LogP contribution in [0.2, 0.25) is 0 Å². The summed E-state index contributed by atoms with van der Waals surface area (Å²) < 4.78 is 6.27. The zero-order valence-corrected chi connectivity index (χ0v) is 9.58. The Bertz CT molecular complexity index is 625. The zero-order valence-electron chi connectivity index (χ0n) is 9.58. The molecule has 1 saturated heterocycles. The van der Waals surface area contributed by atoms with Gasteiger partial charge in [-0.2, -0.15) is 4.98 Å². The number of nitrogens with two attached hydrogens (primary N) is 1. The SMILES string of the molecule is CC#CC1(N)C(O)CO[C@H]1n1cnc(=O)[nH]c1=O. The standard InChI is InChI=1S/C10H12N4O4/c1-2-3-10(11)6(15)4-18-7(10)14-5-12-8(16)13-9(14)17/h5-7,15H,4,11H2,1H3,(H,13,16,17)/t6?,7-,10?/m1/s1. The van der Waals surface area contributed by atoms with E-state index >= 15 is 0 Å². The van der Waals surface area contributed by atoms with Gasteiger partial charge in [-0.1, -0.05) is 5.92 Å². The summed E-state index contributed by atoms with van der Waals surface area (Å²) in [5.41, 5.74) is 3.06. The molecule has 1 aromatic rings. The Balaban J connectivity index is 2.52. The fourth-order valence-corrected chi connectivity index (χ4v) is 1.82. The molecule has 1 aromatic heterocycles. The van der Waals surface area contributed by atoms with Gasteiger partial charge in [-0.05, 0) is 6.92 Å². The molecule has 1 aliphatic rings. The van der Waals surface area contributed by atoms with Crippen LogP contribution in [0.5, 0.6) is 0 Å². The summed E-state index contributed by atoms with van der Waals surface area (Å²) >= 11 is 0. The molecule has 8 nitrogen and oxygen atoms in total. The minimum Gasteiger partial charge on any atom is -0.388 e. The van der Waals surface area contributed by atoms with Crippen LogP contribution < -0.4 is 17.1 Å². The van der Waals surface area contributed by atoms with Gasteiger partial charge in [-0.25, -0.2) is 9.59 Å². The quantitative estimate of drug-likeness (QED) is 0.476. The monoisotopic (exact) mass is 252 g/mol. The molecule has 2 heterocycles. The molecule has 96 valence electrons. The molecule has 1 aliphatic heterocycles. The number of aliphatic hydroxyl groups is 1. The molecule has 2 unspecified atom stereocenters. The minimum absolute atomic E-state index is 0.0542. The molecule has 0 bridgehead atoms. The van der Waals surface area contributed by atoms with Crippen LogP contribution in [0, 0.1) is 11.8 Å². The van der Waals surface area contributed by atoms with Gasteiger partial charge in [0.15, 0.2) is 11.8 Å². The summed E-state index contributed by atoms with van der Waals surface area (Å²) in [6, 6.07) is 0. The minimum atomic E-state index is -1.42. The lowest BCUT2D eigenvalue weighted by atomic mass is 9.95. The van der Waals surface area contributed by atoms with Gasteiger partial charge in [-0.3, -0.25) is 9.55 Å². The lowest BCUT2D eigenvalue weighted by Gasteiger charge is -2.27. The largest absolute Gasteiger partial charge is 0.388 e. The molecule has 3 atom stereocenters. The van der Waals surface area contributed by atoms with Gasteiger partial charge in [0.2, 0.25) is 0 Å². The van der Waals surface area contributed by atoms with Crippen LogP contribution in [-0.4, -0.2) is 37.9 Å². The van der Waals surface area contributed by atoms with E-state index in [0.29, 0.717) is 0 Å². The first-order valence-electron chi connectivity index (χ1n) is 5.19. The normalized spacial score (nSPS) is 30.8. The topological polar surface area (TPSA) is 123 Å². The lowest BCUT2D eigenvalue weighted by molar-refractivity contribution is 0.0305. The molecule has 0 aliphatic carbocycles. The molecular weight excluding hydrogens is 240 g/mol. The summed E-state index contributed by atoms with van der Waals surface area (Å²) in [6.07, 6.45) is -1.02. The molecule has 0 spiro atoms. The van der Waals surface area contributed by atoms with Gasteiger partial charge in [0.25, 0.3) is 0 Å². The van der Waals surface area contributed by atoms with Crippen LogP contribution in [0.1, 0.15) is 13.2 Å². The predicted molar refractivity (Wildman–Crippen MR) is 60.5 cm³/mol. The number of hydrogen-bond acceptors (Lipinski definition) is 6. The third-order valence-corrected chi connectivity index (χ3v) is 2.71. The molecular formula is C10H12N4O4. The fraction of sp³-hybridized carbons (Fsp3) is 0.500. The van der Waals surface area contributed by atoms with Crippen molar-refractivity contribution < 1.29 is 9.84 Å². The smallest absolute Gasteiger partial charge is 0.350 e. The summed E-state index contributed by atoms with van der Waals surface area (Å²) in [5, 5.41) is 9.80. The van der Waals surface area contributed by atoms with E-state index in [1.807, 2.05) is 4.98 Å². The van der Waals surface area contributed by atoms with Crippen LogP contribution >= 0.6 is 0 Å². The molecule has 8 heteroatoms. The number of aliphatic hydroxyl groups excluding tert-OH is 1. The molecule has 0 amide bonds. The number of aromatic amines is 1. The van der Waals surface area contributed by atoms with Crippen LogP contribution in [-0.2, 0) is 4.74 Å². The maximum absolute atomic E-state index is 11.6. The molecule has 2 rings (SSSR count). The van der Waals surface area contributed by atoms with Crippen LogP contribution in [0.4, 0.5) is 0 Å². The highest BCUT2D eigenvalue weighted by Crippen LogP contribution is 2.30. The van der Waals surface area contributed by atoms with Crippen molar-refractivity contribution in [1.29, 1.82) is 0 Å². The average Bonchev–Trinajstić information content (AvgIpc) is 2.57. The number of nitrogens with zero attached hydrogens (tertiary/aromatic N) is 2.